The quantitative estimate of drug-likeness (QED) is 0.912. The van der Waals surface area contributed by atoms with Gasteiger partial charge in [0.1, 0.15) is 5.78 Å². The monoisotopic (exact) mass is 271 g/mol. The predicted octanol–water partition coefficient (Wildman–Crippen LogP) is 3.07. The fourth-order valence-corrected chi connectivity index (χ4v) is 3.81. The molecular formula is C18H25NO. The van der Waals surface area contributed by atoms with Gasteiger partial charge in [-0.1, -0.05) is 25.1 Å². The number of hydrogen-bond donors (Lipinski definition) is 1. The number of ketones is 1. The normalized spacial score (nSPS) is 25.4. The molecule has 0 saturated carbocycles. The molecule has 20 heavy (non-hydrogen) atoms. The average Bonchev–Trinajstić information content (AvgIpc) is 2.95. The Hall–Kier alpha value is -1.15. The Kier molecular flexibility index (Phi) is 3.93. The lowest BCUT2D eigenvalue weighted by Gasteiger charge is -2.35. The van der Waals surface area contributed by atoms with Crippen LogP contribution >= 0.6 is 0 Å². The number of carbonyl (C=O) groups is 1. The van der Waals surface area contributed by atoms with Crippen LogP contribution in [0.25, 0.3) is 0 Å². The molecule has 0 spiro atoms. The zero-order valence-corrected chi connectivity index (χ0v) is 12.5. The molecule has 1 fully saturated rings. The minimum absolute atomic E-state index is 0.114. The molecule has 2 nitrogen and oxygen atoms in total. The summed E-state index contributed by atoms with van der Waals surface area (Å²) in [6, 6.07) is 6.68. The largest absolute Gasteiger partial charge is 0.316 e. The number of rotatable bonds is 4. The molecule has 1 saturated heterocycles. The molecule has 0 bridgehead atoms. The van der Waals surface area contributed by atoms with Crippen molar-refractivity contribution in [1.29, 1.82) is 0 Å². The Bertz CT molecular complexity index is 500. The maximum absolute atomic E-state index is 12.8. The van der Waals surface area contributed by atoms with Crippen molar-refractivity contribution in [3.63, 3.8) is 0 Å². The van der Waals surface area contributed by atoms with Crippen molar-refractivity contribution in [3.05, 3.63) is 34.9 Å². The highest BCUT2D eigenvalue weighted by atomic mass is 16.1. The lowest BCUT2D eigenvalue weighted by Crippen LogP contribution is -2.45. The van der Waals surface area contributed by atoms with Crippen LogP contribution in [0.2, 0.25) is 0 Å². The Labute approximate surface area is 122 Å². The third kappa shape index (κ3) is 2.54. The summed E-state index contributed by atoms with van der Waals surface area (Å²) >= 11 is 0. The van der Waals surface area contributed by atoms with E-state index in [4.69, 9.17) is 0 Å². The second-order valence-electron chi connectivity index (χ2n) is 6.47. The molecule has 0 amide bonds. The van der Waals surface area contributed by atoms with E-state index < -0.39 is 0 Å². The molecule has 1 aliphatic heterocycles. The number of nitrogens with one attached hydrogen (secondary N) is 1. The molecule has 1 atom stereocenters. The van der Waals surface area contributed by atoms with Gasteiger partial charge < -0.3 is 5.32 Å². The standard InChI is InChI=1S/C18H25NO/c1-2-18(9-4-10-19-13-18)17(20)12-14-7-8-15-5-3-6-16(15)11-14/h7-8,11,19H,2-6,9-10,12-13H2,1H3. The first-order valence-electron chi connectivity index (χ1n) is 8.08. The topological polar surface area (TPSA) is 29.1 Å². The highest BCUT2D eigenvalue weighted by Crippen LogP contribution is 2.33. The summed E-state index contributed by atoms with van der Waals surface area (Å²) in [6.45, 7) is 4.09. The van der Waals surface area contributed by atoms with Gasteiger partial charge in [-0.25, -0.2) is 0 Å². The lowest BCUT2D eigenvalue weighted by atomic mass is 9.73. The molecule has 1 aliphatic carbocycles. The van der Waals surface area contributed by atoms with Crippen LogP contribution in [-0.2, 0) is 24.1 Å². The van der Waals surface area contributed by atoms with E-state index in [2.05, 4.69) is 30.4 Å². The summed E-state index contributed by atoms with van der Waals surface area (Å²) in [5.41, 5.74) is 4.07. The van der Waals surface area contributed by atoms with Crippen molar-refractivity contribution < 1.29 is 4.79 Å². The number of hydrogen-bond acceptors (Lipinski definition) is 2. The Morgan fingerprint density at radius 1 is 1.25 bits per heavy atom. The zero-order chi connectivity index (χ0) is 14.0. The van der Waals surface area contributed by atoms with Gasteiger partial charge in [0.25, 0.3) is 0 Å². The number of fused-ring (bicyclic) bond motifs is 1. The van der Waals surface area contributed by atoms with Gasteiger partial charge in [0.05, 0.1) is 0 Å². The number of piperidine rings is 1. The van der Waals surface area contributed by atoms with Crippen LogP contribution in [0.1, 0.15) is 49.3 Å². The van der Waals surface area contributed by atoms with Gasteiger partial charge >= 0.3 is 0 Å². The summed E-state index contributed by atoms with van der Waals surface area (Å²) in [6.07, 6.45) is 7.44. The second kappa shape index (κ2) is 5.69. The van der Waals surface area contributed by atoms with Gasteiger partial charge in [0, 0.05) is 18.4 Å². The van der Waals surface area contributed by atoms with Crippen LogP contribution < -0.4 is 5.32 Å². The molecule has 2 heteroatoms. The SMILES string of the molecule is CCC1(C(=O)Cc2ccc3c(c2)CCC3)CCCNC1. The van der Waals surface area contributed by atoms with E-state index in [1.54, 1.807) is 0 Å². The Balaban J connectivity index is 1.74. The van der Waals surface area contributed by atoms with Crippen molar-refractivity contribution in [2.45, 2.75) is 51.9 Å². The van der Waals surface area contributed by atoms with E-state index in [0.29, 0.717) is 12.2 Å². The lowest BCUT2D eigenvalue weighted by molar-refractivity contribution is -0.129. The number of Topliss-reactive ketones (excluding diaryl/α,β-unsaturated/α-hetero) is 1. The fraction of sp³-hybridized carbons (Fsp3) is 0.611. The molecule has 3 rings (SSSR count). The molecule has 1 heterocycles. The smallest absolute Gasteiger partial charge is 0.144 e. The van der Waals surface area contributed by atoms with Crippen LogP contribution in [0, 0.1) is 5.41 Å². The van der Waals surface area contributed by atoms with E-state index in [0.717, 1.165) is 32.4 Å². The molecule has 2 aliphatic rings. The number of aryl methyl sites for hydroxylation is 2. The first-order chi connectivity index (χ1) is 9.73. The Morgan fingerprint density at radius 3 is 2.85 bits per heavy atom. The molecule has 0 aromatic heterocycles. The number of benzene rings is 1. The summed E-state index contributed by atoms with van der Waals surface area (Å²) in [5, 5.41) is 3.41. The average molecular weight is 271 g/mol. The van der Waals surface area contributed by atoms with Gasteiger partial charge in [-0.05, 0) is 61.8 Å². The third-order valence-corrected chi connectivity index (χ3v) is 5.27. The highest BCUT2D eigenvalue weighted by molar-refractivity contribution is 5.87. The molecule has 0 radical (unpaired) electrons. The molecule has 1 aromatic carbocycles. The second-order valence-corrected chi connectivity index (χ2v) is 6.47. The zero-order valence-electron chi connectivity index (χ0n) is 12.5. The van der Waals surface area contributed by atoms with Crippen molar-refractivity contribution >= 4 is 5.78 Å². The maximum atomic E-state index is 12.8. The van der Waals surface area contributed by atoms with Crippen molar-refractivity contribution in [2.75, 3.05) is 13.1 Å². The molecular weight excluding hydrogens is 246 g/mol. The van der Waals surface area contributed by atoms with Crippen LogP contribution in [-0.4, -0.2) is 18.9 Å². The molecule has 1 unspecified atom stereocenters. The van der Waals surface area contributed by atoms with E-state index in [9.17, 15) is 4.79 Å². The van der Waals surface area contributed by atoms with Crippen molar-refractivity contribution in [3.8, 4) is 0 Å². The minimum atomic E-state index is -0.114. The number of carbonyl (C=O) groups excluding carboxylic acids is 1. The highest BCUT2D eigenvalue weighted by Gasteiger charge is 2.37. The molecule has 1 N–H and O–H groups in total. The van der Waals surface area contributed by atoms with Gasteiger partial charge in [0.15, 0.2) is 0 Å². The van der Waals surface area contributed by atoms with E-state index in [1.807, 2.05) is 0 Å². The van der Waals surface area contributed by atoms with Crippen molar-refractivity contribution in [1.82, 2.24) is 5.32 Å². The summed E-state index contributed by atoms with van der Waals surface area (Å²) in [7, 11) is 0. The van der Waals surface area contributed by atoms with Crippen LogP contribution in [0.3, 0.4) is 0 Å². The third-order valence-electron chi connectivity index (χ3n) is 5.27. The van der Waals surface area contributed by atoms with Gasteiger partial charge in [-0.2, -0.15) is 0 Å². The first-order valence-corrected chi connectivity index (χ1v) is 8.08. The first kappa shape index (κ1) is 13.8. The summed E-state index contributed by atoms with van der Waals surface area (Å²) in [4.78, 5) is 12.8. The van der Waals surface area contributed by atoms with Crippen LogP contribution in [0.5, 0.6) is 0 Å². The predicted molar refractivity (Wildman–Crippen MR) is 82.0 cm³/mol. The van der Waals surface area contributed by atoms with E-state index >= 15 is 0 Å². The van der Waals surface area contributed by atoms with Crippen LogP contribution in [0.4, 0.5) is 0 Å². The van der Waals surface area contributed by atoms with Gasteiger partial charge in [-0.3, -0.25) is 4.79 Å². The van der Waals surface area contributed by atoms with Crippen LogP contribution in [0.15, 0.2) is 18.2 Å². The van der Waals surface area contributed by atoms with Crippen molar-refractivity contribution in [2.24, 2.45) is 5.41 Å². The Morgan fingerprint density at radius 2 is 2.10 bits per heavy atom. The van der Waals surface area contributed by atoms with Gasteiger partial charge in [0.2, 0.25) is 0 Å². The van der Waals surface area contributed by atoms with Gasteiger partial charge in [-0.15, -0.1) is 0 Å². The molecule has 1 aromatic rings. The summed E-state index contributed by atoms with van der Waals surface area (Å²) in [5.74, 6) is 0.435. The fourth-order valence-electron chi connectivity index (χ4n) is 3.81. The minimum Gasteiger partial charge on any atom is -0.316 e. The maximum Gasteiger partial charge on any atom is 0.144 e. The molecule has 108 valence electrons. The van der Waals surface area contributed by atoms with E-state index in [1.165, 1.54) is 36.0 Å². The summed E-state index contributed by atoms with van der Waals surface area (Å²) < 4.78 is 0. The van der Waals surface area contributed by atoms with E-state index in [-0.39, 0.29) is 5.41 Å².